The molecule has 0 aromatic carbocycles. The van der Waals surface area contributed by atoms with E-state index in [-0.39, 0.29) is 24.2 Å². The highest BCUT2D eigenvalue weighted by molar-refractivity contribution is 5.89. The van der Waals surface area contributed by atoms with Gasteiger partial charge >= 0.3 is 5.97 Å². The van der Waals surface area contributed by atoms with Gasteiger partial charge < -0.3 is 15.7 Å². The molecule has 0 aromatic heterocycles. The topological polar surface area (TPSA) is 95.5 Å². The zero-order valence-corrected chi connectivity index (χ0v) is 10.2. The molecule has 0 radical (unpaired) electrons. The van der Waals surface area contributed by atoms with Gasteiger partial charge in [0, 0.05) is 18.9 Å². The van der Waals surface area contributed by atoms with Gasteiger partial charge in [0.05, 0.1) is 0 Å². The van der Waals surface area contributed by atoms with Crippen LogP contribution in [0.2, 0.25) is 0 Å². The van der Waals surface area contributed by atoms with Crippen LogP contribution in [0.5, 0.6) is 0 Å². The molecule has 0 unspecified atom stereocenters. The smallest absolute Gasteiger partial charge is 0.329 e. The minimum absolute atomic E-state index is 0.0691. The molecule has 0 aliphatic heterocycles. The van der Waals surface area contributed by atoms with E-state index in [4.69, 9.17) is 5.11 Å². The van der Waals surface area contributed by atoms with E-state index >= 15 is 0 Å². The van der Waals surface area contributed by atoms with Gasteiger partial charge in [0.1, 0.15) is 5.54 Å². The molecule has 3 N–H and O–H groups in total. The van der Waals surface area contributed by atoms with Crippen molar-refractivity contribution in [2.45, 2.75) is 44.1 Å². The summed E-state index contributed by atoms with van der Waals surface area (Å²) in [7, 11) is 0. The molecule has 0 saturated heterocycles. The Labute approximate surface area is 105 Å². The normalized spacial score (nSPS) is 20.0. The van der Waals surface area contributed by atoms with Crippen molar-refractivity contribution in [2.75, 3.05) is 6.54 Å². The fourth-order valence-electron chi connectivity index (χ4n) is 1.80. The second-order valence-corrected chi connectivity index (χ2v) is 5.10. The first-order valence-corrected chi connectivity index (χ1v) is 6.36. The highest BCUT2D eigenvalue weighted by Gasteiger charge is 2.51. The van der Waals surface area contributed by atoms with Crippen LogP contribution in [0.4, 0.5) is 0 Å². The Hall–Kier alpha value is -1.59. The van der Waals surface area contributed by atoms with Crippen molar-refractivity contribution in [2.24, 2.45) is 5.92 Å². The van der Waals surface area contributed by atoms with Gasteiger partial charge in [-0.3, -0.25) is 9.59 Å². The number of carboxylic acid groups (broad SMARTS) is 1. The van der Waals surface area contributed by atoms with Gasteiger partial charge in [0.25, 0.3) is 0 Å². The van der Waals surface area contributed by atoms with Gasteiger partial charge in [-0.1, -0.05) is 0 Å². The second kappa shape index (κ2) is 4.96. The lowest BCUT2D eigenvalue weighted by Crippen LogP contribution is -2.43. The molecule has 2 saturated carbocycles. The molecule has 0 heterocycles. The summed E-state index contributed by atoms with van der Waals surface area (Å²) in [5.74, 6) is -0.964. The third-order valence-corrected chi connectivity index (χ3v) is 3.37. The van der Waals surface area contributed by atoms with Crippen molar-refractivity contribution >= 4 is 17.8 Å². The number of rotatable bonds is 7. The lowest BCUT2D eigenvalue weighted by atomic mass is 10.2. The molecule has 2 fully saturated rings. The molecule has 0 atom stereocenters. The van der Waals surface area contributed by atoms with Crippen molar-refractivity contribution in [1.29, 1.82) is 0 Å². The number of hydrogen-bond donors (Lipinski definition) is 3. The van der Waals surface area contributed by atoms with Gasteiger partial charge in [0.15, 0.2) is 0 Å². The molecular formula is C12H18N2O4. The Bertz CT molecular complexity index is 372. The van der Waals surface area contributed by atoms with Crippen LogP contribution in [-0.2, 0) is 14.4 Å². The van der Waals surface area contributed by atoms with Gasteiger partial charge in [-0.05, 0) is 32.1 Å². The predicted molar refractivity (Wildman–Crippen MR) is 62.7 cm³/mol. The molecule has 6 nitrogen and oxygen atoms in total. The summed E-state index contributed by atoms with van der Waals surface area (Å²) in [4.78, 5) is 33.6. The van der Waals surface area contributed by atoms with E-state index in [1.54, 1.807) is 0 Å². The predicted octanol–water partition coefficient (Wildman–Crippen LogP) is 0.0262. The minimum Gasteiger partial charge on any atom is -0.480 e. The van der Waals surface area contributed by atoms with Gasteiger partial charge in [-0.25, -0.2) is 4.79 Å². The molecule has 2 aliphatic carbocycles. The third kappa shape index (κ3) is 3.21. The molecule has 100 valence electrons. The first-order chi connectivity index (χ1) is 8.53. The van der Waals surface area contributed by atoms with Crippen LogP contribution in [0.3, 0.4) is 0 Å². The first kappa shape index (κ1) is 12.9. The largest absolute Gasteiger partial charge is 0.480 e. The fraction of sp³-hybridized carbons (Fsp3) is 0.750. The number of hydrogen-bond acceptors (Lipinski definition) is 3. The molecule has 2 aliphatic rings. The van der Waals surface area contributed by atoms with Crippen molar-refractivity contribution in [3.8, 4) is 0 Å². The van der Waals surface area contributed by atoms with Gasteiger partial charge in [0.2, 0.25) is 11.8 Å². The molecule has 2 rings (SSSR count). The molecular weight excluding hydrogens is 236 g/mol. The Morgan fingerprint density at radius 1 is 1.22 bits per heavy atom. The maximum absolute atomic E-state index is 11.5. The van der Waals surface area contributed by atoms with E-state index in [1.807, 2.05) is 0 Å². The minimum atomic E-state index is -1.01. The third-order valence-electron chi connectivity index (χ3n) is 3.37. The van der Waals surface area contributed by atoms with E-state index in [0.29, 0.717) is 25.8 Å². The number of aliphatic carboxylic acids is 1. The number of carbonyl (C=O) groups is 3. The van der Waals surface area contributed by atoms with Crippen molar-refractivity contribution < 1.29 is 19.5 Å². The highest BCUT2D eigenvalue weighted by Crippen LogP contribution is 2.35. The van der Waals surface area contributed by atoms with Gasteiger partial charge in [-0.2, -0.15) is 0 Å². The van der Waals surface area contributed by atoms with Crippen LogP contribution in [0, 0.1) is 5.92 Å². The Balaban J connectivity index is 1.57. The second-order valence-electron chi connectivity index (χ2n) is 5.10. The van der Waals surface area contributed by atoms with E-state index < -0.39 is 11.5 Å². The summed E-state index contributed by atoms with van der Waals surface area (Å²) in [5.41, 5.74) is -1.01. The maximum Gasteiger partial charge on any atom is 0.329 e. The van der Waals surface area contributed by atoms with E-state index in [0.717, 1.165) is 12.8 Å². The van der Waals surface area contributed by atoms with Crippen molar-refractivity contribution in [3.05, 3.63) is 0 Å². The average molecular weight is 254 g/mol. The summed E-state index contributed by atoms with van der Waals surface area (Å²) in [6.07, 6.45) is 3.74. The van der Waals surface area contributed by atoms with Crippen molar-refractivity contribution in [3.63, 3.8) is 0 Å². The zero-order chi connectivity index (χ0) is 13.2. The van der Waals surface area contributed by atoms with Crippen molar-refractivity contribution in [1.82, 2.24) is 10.6 Å². The molecule has 2 amide bonds. The van der Waals surface area contributed by atoms with E-state index in [1.165, 1.54) is 0 Å². The SMILES string of the molecule is O=C(CCCNC(=O)C1CC1)NC1(C(=O)O)CC1. The lowest BCUT2D eigenvalue weighted by Gasteiger charge is -2.12. The summed E-state index contributed by atoms with van der Waals surface area (Å²) in [6.45, 7) is 0.475. The molecule has 0 aromatic rings. The lowest BCUT2D eigenvalue weighted by molar-refractivity contribution is -0.143. The van der Waals surface area contributed by atoms with Crippen LogP contribution < -0.4 is 10.6 Å². The highest BCUT2D eigenvalue weighted by atomic mass is 16.4. The van der Waals surface area contributed by atoms with Crippen LogP contribution >= 0.6 is 0 Å². The summed E-state index contributed by atoms with van der Waals surface area (Å²) >= 11 is 0. The average Bonchev–Trinajstić information content (AvgIpc) is 3.14. The van der Waals surface area contributed by atoms with Crippen LogP contribution in [0.1, 0.15) is 38.5 Å². The van der Waals surface area contributed by atoms with Crippen LogP contribution in [0.25, 0.3) is 0 Å². The van der Waals surface area contributed by atoms with Crippen LogP contribution in [-0.4, -0.2) is 35.0 Å². The van der Waals surface area contributed by atoms with E-state index in [9.17, 15) is 14.4 Å². The maximum atomic E-state index is 11.5. The monoisotopic (exact) mass is 254 g/mol. The Kier molecular flexibility index (Phi) is 3.54. The summed E-state index contributed by atoms with van der Waals surface area (Å²) < 4.78 is 0. The van der Waals surface area contributed by atoms with Gasteiger partial charge in [-0.15, -0.1) is 0 Å². The quantitative estimate of drug-likeness (QED) is 0.558. The summed E-state index contributed by atoms with van der Waals surface area (Å²) in [5, 5.41) is 14.2. The Morgan fingerprint density at radius 3 is 2.39 bits per heavy atom. The Morgan fingerprint density at radius 2 is 1.89 bits per heavy atom. The number of carboxylic acids is 1. The van der Waals surface area contributed by atoms with E-state index in [2.05, 4.69) is 10.6 Å². The zero-order valence-electron chi connectivity index (χ0n) is 10.2. The van der Waals surface area contributed by atoms with Crippen LogP contribution in [0.15, 0.2) is 0 Å². The number of nitrogens with one attached hydrogen (secondary N) is 2. The molecule has 0 spiro atoms. The summed E-state index contributed by atoms with van der Waals surface area (Å²) in [6, 6.07) is 0. The number of amides is 2. The molecule has 18 heavy (non-hydrogen) atoms. The first-order valence-electron chi connectivity index (χ1n) is 6.36. The fourth-order valence-corrected chi connectivity index (χ4v) is 1.80. The molecule has 0 bridgehead atoms. The number of carbonyl (C=O) groups excluding carboxylic acids is 2. The standard InChI is InChI=1S/C12H18N2O4/c15-9(14-12(5-6-12)11(17)18)2-1-7-13-10(16)8-3-4-8/h8H,1-7H2,(H,13,16)(H,14,15)(H,17,18). The molecule has 6 heteroatoms.